The van der Waals surface area contributed by atoms with Crippen LogP contribution in [0.25, 0.3) is 0 Å². The lowest BCUT2D eigenvalue weighted by Gasteiger charge is -2.34. The van der Waals surface area contributed by atoms with Crippen LogP contribution in [-0.4, -0.2) is 37.1 Å². The number of aliphatic imine (C=N–C) groups is 1. The fourth-order valence-corrected chi connectivity index (χ4v) is 3.42. The number of hydrogen-bond donors (Lipinski definition) is 2. The summed E-state index contributed by atoms with van der Waals surface area (Å²) in [6.07, 6.45) is 2.16. The summed E-state index contributed by atoms with van der Waals surface area (Å²) in [5.74, 6) is 1.23. The molecule has 0 aromatic heterocycles. The van der Waals surface area contributed by atoms with Gasteiger partial charge in [-0.2, -0.15) is 0 Å². The third-order valence-electron chi connectivity index (χ3n) is 4.96. The number of anilines is 1. The Kier molecular flexibility index (Phi) is 6.12. The van der Waals surface area contributed by atoms with Gasteiger partial charge in [0.2, 0.25) is 0 Å². The number of ether oxygens (including phenoxy) is 1. The van der Waals surface area contributed by atoms with Crippen molar-refractivity contribution in [2.24, 2.45) is 10.7 Å². The average Bonchev–Trinajstić information content (AvgIpc) is 2.68. The predicted molar refractivity (Wildman–Crippen MR) is 108 cm³/mol. The maximum absolute atomic E-state index is 6.09. The van der Waals surface area contributed by atoms with Crippen molar-refractivity contribution in [3.05, 3.63) is 59.7 Å². The van der Waals surface area contributed by atoms with Crippen LogP contribution in [-0.2, 0) is 13.0 Å². The molecule has 1 aliphatic heterocycles. The van der Waals surface area contributed by atoms with E-state index in [2.05, 4.69) is 46.4 Å². The van der Waals surface area contributed by atoms with Gasteiger partial charge in [0.05, 0.1) is 13.7 Å². The first kappa shape index (κ1) is 18.3. The van der Waals surface area contributed by atoms with Crippen molar-refractivity contribution >= 4 is 11.6 Å². The van der Waals surface area contributed by atoms with Crippen molar-refractivity contribution in [2.75, 3.05) is 25.5 Å². The van der Waals surface area contributed by atoms with E-state index in [1.54, 1.807) is 7.11 Å². The van der Waals surface area contributed by atoms with Gasteiger partial charge in [-0.05, 0) is 36.1 Å². The summed E-state index contributed by atoms with van der Waals surface area (Å²) in [6, 6.07) is 16.8. The molecule has 138 valence electrons. The summed E-state index contributed by atoms with van der Waals surface area (Å²) in [5, 5.41) is 3.14. The summed E-state index contributed by atoms with van der Waals surface area (Å²) in [6.45, 7) is 4.98. The van der Waals surface area contributed by atoms with E-state index in [0.29, 0.717) is 18.5 Å². The topological polar surface area (TPSA) is 62.9 Å². The van der Waals surface area contributed by atoms with Crippen LogP contribution in [0.1, 0.15) is 24.5 Å². The van der Waals surface area contributed by atoms with Crippen molar-refractivity contribution in [3.63, 3.8) is 0 Å². The molecule has 3 N–H and O–H groups in total. The van der Waals surface area contributed by atoms with Gasteiger partial charge in [0.1, 0.15) is 5.75 Å². The van der Waals surface area contributed by atoms with Gasteiger partial charge in [-0.3, -0.25) is 9.89 Å². The molecule has 3 rings (SSSR count). The lowest BCUT2D eigenvalue weighted by molar-refractivity contribution is 0.178. The summed E-state index contributed by atoms with van der Waals surface area (Å²) in [7, 11) is 1.65. The second-order valence-corrected chi connectivity index (χ2v) is 6.63. The van der Waals surface area contributed by atoms with E-state index in [1.807, 2.05) is 24.3 Å². The standard InChI is InChI=1S/C21H28N4O/c1-3-19(25-12-11-16-7-4-5-8-17(16)15-25)14-23-21(22)24-18-9-6-10-20(13-18)26-2/h4-10,13,19H,3,11-12,14-15H2,1-2H3,(H3,22,23,24). The molecule has 0 fully saturated rings. The van der Waals surface area contributed by atoms with E-state index in [-0.39, 0.29) is 0 Å². The quantitative estimate of drug-likeness (QED) is 0.619. The molecular weight excluding hydrogens is 324 g/mol. The molecule has 5 nitrogen and oxygen atoms in total. The highest BCUT2D eigenvalue weighted by atomic mass is 16.5. The van der Waals surface area contributed by atoms with Crippen LogP contribution in [0.15, 0.2) is 53.5 Å². The molecule has 0 saturated heterocycles. The fraction of sp³-hybridized carbons (Fsp3) is 0.381. The van der Waals surface area contributed by atoms with Crippen LogP contribution < -0.4 is 15.8 Å². The monoisotopic (exact) mass is 352 g/mol. The minimum atomic E-state index is 0.397. The SMILES string of the molecule is CCC(CN=C(N)Nc1cccc(OC)c1)N1CCc2ccccc2C1. The van der Waals surface area contributed by atoms with Gasteiger partial charge in [-0.1, -0.05) is 37.3 Å². The fourth-order valence-electron chi connectivity index (χ4n) is 3.42. The summed E-state index contributed by atoms with van der Waals surface area (Å²) < 4.78 is 5.23. The Labute approximate surface area is 155 Å². The summed E-state index contributed by atoms with van der Waals surface area (Å²) in [5.41, 5.74) is 9.87. The van der Waals surface area contributed by atoms with Crippen molar-refractivity contribution < 1.29 is 4.74 Å². The van der Waals surface area contributed by atoms with Gasteiger partial charge in [0.15, 0.2) is 5.96 Å². The maximum atomic E-state index is 6.09. The number of nitrogens with zero attached hydrogens (tertiary/aromatic N) is 2. The van der Waals surface area contributed by atoms with Crippen LogP contribution in [0.2, 0.25) is 0 Å². The number of rotatable bonds is 6. The van der Waals surface area contributed by atoms with Crippen LogP contribution in [0.3, 0.4) is 0 Å². The molecule has 0 amide bonds. The smallest absolute Gasteiger partial charge is 0.193 e. The first-order chi connectivity index (χ1) is 12.7. The number of fused-ring (bicyclic) bond motifs is 1. The molecule has 1 heterocycles. The zero-order chi connectivity index (χ0) is 18.4. The molecule has 1 atom stereocenters. The minimum Gasteiger partial charge on any atom is -0.497 e. The lowest BCUT2D eigenvalue weighted by Crippen LogP contribution is -2.41. The number of nitrogens with two attached hydrogens (primary N) is 1. The number of guanidine groups is 1. The number of nitrogens with one attached hydrogen (secondary N) is 1. The minimum absolute atomic E-state index is 0.397. The van der Waals surface area contributed by atoms with E-state index < -0.39 is 0 Å². The first-order valence-corrected chi connectivity index (χ1v) is 9.21. The summed E-state index contributed by atoms with van der Waals surface area (Å²) in [4.78, 5) is 7.10. The van der Waals surface area contributed by atoms with Crippen molar-refractivity contribution in [1.82, 2.24) is 4.90 Å². The van der Waals surface area contributed by atoms with Gasteiger partial charge < -0.3 is 15.8 Å². The van der Waals surface area contributed by atoms with Crippen LogP contribution >= 0.6 is 0 Å². The molecule has 2 aromatic rings. The molecule has 1 unspecified atom stereocenters. The number of methoxy groups -OCH3 is 1. The van der Waals surface area contributed by atoms with E-state index in [0.717, 1.165) is 37.4 Å². The first-order valence-electron chi connectivity index (χ1n) is 9.21. The van der Waals surface area contributed by atoms with E-state index in [1.165, 1.54) is 11.1 Å². The van der Waals surface area contributed by atoms with Gasteiger partial charge in [-0.25, -0.2) is 0 Å². The van der Waals surface area contributed by atoms with Crippen molar-refractivity contribution in [1.29, 1.82) is 0 Å². The van der Waals surface area contributed by atoms with E-state index in [9.17, 15) is 0 Å². The molecule has 0 radical (unpaired) electrons. The van der Waals surface area contributed by atoms with E-state index in [4.69, 9.17) is 10.5 Å². The Morgan fingerprint density at radius 3 is 2.81 bits per heavy atom. The summed E-state index contributed by atoms with van der Waals surface area (Å²) >= 11 is 0. The predicted octanol–water partition coefficient (Wildman–Crippen LogP) is 3.26. The second kappa shape index (κ2) is 8.72. The highest BCUT2D eigenvalue weighted by Gasteiger charge is 2.21. The normalized spacial score (nSPS) is 16.0. The zero-order valence-corrected chi connectivity index (χ0v) is 15.6. The molecular formula is C21H28N4O. The maximum Gasteiger partial charge on any atom is 0.193 e. The highest BCUT2D eigenvalue weighted by molar-refractivity contribution is 5.92. The molecule has 26 heavy (non-hydrogen) atoms. The second-order valence-electron chi connectivity index (χ2n) is 6.63. The van der Waals surface area contributed by atoms with Gasteiger partial charge in [-0.15, -0.1) is 0 Å². The molecule has 1 aliphatic rings. The molecule has 5 heteroatoms. The van der Waals surface area contributed by atoms with E-state index >= 15 is 0 Å². The largest absolute Gasteiger partial charge is 0.497 e. The van der Waals surface area contributed by atoms with Crippen LogP contribution in [0.5, 0.6) is 5.75 Å². The molecule has 0 spiro atoms. The Bertz CT molecular complexity index is 759. The third-order valence-corrected chi connectivity index (χ3v) is 4.96. The Balaban J connectivity index is 1.60. The van der Waals surface area contributed by atoms with Crippen molar-refractivity contribution in [2.45, 2.75) is 32.4 Å². The van der Waals surface area contributed by atoms with Gasteiger partial charge in [0.25, 0.3) is 0 Å². The molecule has 0 bridgehead atoms. The molecule has 0 aliphatic carbocycles. The van der Waals surface area contributed by atoms with Crippen molar-refractivity contribution in [3.8, 4) is 5.75 Å². The molecule has 0 saturated carbocycles. The Hall–Kier alpha value is -2.53. The van der Waals surface area contributed by atoms with Crippen LogP contribution in [0, 0.1) is 0 Å². The number of hydrogen-bond acceptors (Lipinski definition) is 3. The zero-order valence-electron chi connectivity index (χ0n) is 15.6. The van der Waals surface area contributed by atoms with Gasteiger partial charge in [0, 0.05) is 30.9 Å². The highest BCUT2D eigenvalue weighted by Crippen LogP contribution is 2.21. The number of benzene rings is 2. The van der Waals surface area contributed by atoms with Gasteiger partial charge >= 0.3 is 0 Å². The Morgan fingerprint density at radius 2 is 2.04 bits per heavy atom. The molecule has 2 aromatic carbocycles. The lowest BCUT2D eigenvalue weighted by atomic mass is 9.98. The van der Waals surface area contributed by atoms with Crippen LogP contribution in [0.4, 0.5) is 5.69 Å². The third kappa shape index (κ3) is 4.55. The Morgan fingerprint density at radius 1 is 1.23 bits per heavy atom. The average molecular weight is 352 g/mol.